The van der Waals surface area contributed by atoms with E-state index in [9.17, 15) is 14.7 Å². The molecule has 0 amide bonds. The molecule has 0 spiro atoms. The molecule has 37 heavy (non-hydrogen) atoms. The third kappa shape index (κ3) is 11.3. The van der Waals surface area contributed by atoms with Crippen molar-refractivity contribution in [3.05, 3.63) is 82.4 Å². The maximum atomic E-state index is 10.5. The minimum absolute atomic E-state index is 0.0887. The zero-order valence-electron chi connectivity index (χ0n) is 22.5. The minimum Gasteiger partial charge on any atom is -0.478 e. The van der Waals surface area contributed by atoms with Gasteiger partial charge in [0, 0.05) is 24.2 Å². The van der Waals surface area contributed by atoms with Crippen LogP contribution in [0.25, 0.3) is 0 Å². The van der Waals surface area contributed by atoms with Crippen LogP contribution in [-0.4, -0.2) is 52.1 Å². The largest absolute Gasteiger partial charge is 0.478 e. The average Bonchev–Trinajstić information content (AvgIpc) is 3.66. The van der Waals surface area contributed by atoms with Gasteiger partial charge in [-0.2, -0.15) is 0 Å². The van der Waals surface area contributed by atoms with E-state index in [2.05, 4.69) is 82.4 Å². The molecule has 3 rings (SSSR count). The summed E-state index contributed by atoms with van der Waals surface area (Å²) < 4.78 is 6.22. The van der Waals surface area contributed by atoms with Gasteiger partial charge in [0.25, 0.3) is 0 Å². The van der Waals surface area contributed by atoms with Gasteiger partial charge >= 0.3 is 11.9 Å². The van der Waals surface area contributed by atoms with Crippen molar-refractivity contribution in [2.75, 3.05) is 13.2 Å². The topological polar surface area (TPSA) is 116 Å². The van der Waals surface area contributed by atoms with Crippen LogP contribution in [0.4, 0.5) is 0 Å². The Labute approximate surface area is 220 Å². The zero-order valence-corrected chi connectivity index (χ0v) is 22.5. The van der Waals surface area contributed by atoms with E-state index in [1.807, 2.05) is 0 Å². The Morgan fingerprint density at radius 2 is 1.62 bits per heavy atom. The Morgan fingerprint density at radius 1 is 1.00 bits per heavy atom. The Morgan fingerprint density at radius 3 is 2.16 bits per heavy atom. The summed E-state index contributed by atoms with van der Waals surface area (Å²) in [7, 11) is 0. The van der Waals surface area contributed by atoms with E-state index in [-0.39, 0.29) is 11.6 Å². The second-order valence-corrected chi connectivity index (χ2v) is 10.5. The molecule has 4 N–H and O–H groups in total. The van der Waals surface area contributed by atoms with E-state index >= 15 is 0 Å². The summed E-state index contributed by atoms with van der Waals surface area (Å²) in [6, 6.07) is 15.1. The van der Waals surface area contributed by atoms with Crippen molar-refractivity contribution in [3.63, 3.8) is 0 Å². The van der Waals surface area contributed by atoms with Gasteiger partial charge in [0.05, 0.1) is 18.8 Å². The van der Waals surface area contributed by atoms with Crippen LogP contribution < -0.4 is 5.32 Å². The Hall–Kier alpha value is -3.00. The number of carboxylic acids is 2. The van der Waals surface area contributed by atoms with Gasteiger partial charge in [0.15, 0.2) is 0 Å². The number of rotatable bonds is 12. The lowest BCUT2D eigenvalue weighted by atomic mass is 9.93. The maximum Gasteiger partial charge on any atom is 0.328 e. The van der Waals surface area contributed by atoms with Crippen LogP contribution in [0.15, 0.2) is 54.6 Å². The van der Waals surface area contributed by atoms with Crippen LogP contribution in [0, 0.1) is 26.7 Å². The third-order valence-corrected chi connectivity index (χ3v) is 6.42. The first kappa shape index (κ1) is 30.2. The number of carbonyl (C=O) groups is 2. The van der Waals surface area contributed by atoms with Gasteiger partial charge in [-0.3, -0.25) is 0 Å². The van der Waals surface area contributed by atoms with Crippen molar-refractivity contribution in [1.29, 1.82) is 0 Å². The molecule has 0 heterocycles. The number of aliphatic hydroxyl groups is 1. The highest BCUT2D eigenvalue weighted by molar-refractivity contribution is 5.89. The molecule has 0 saturated heterocycles. The fourth-order valence-corrected chi connectivity index (χ4v) is 4.08. The number of aryl methyl sites for hydroxylation is 3. The Balaban J connectivity index is 0.000000521. The number of hydrogen-bond donors (Lipinski definition) is 4. The smallest absolute Gasteiger partial charge is 0.328 e. The van der Waals surface area contributed by atoms with E-state index in [1.165, 1.54) is 40.7 Å². The van der Waals surface area contributed by atoms with E-state index in [0.29, 0.717) is 31.2 Å². The van der Waals surface area contributed by atoms with Crippen LogP contribution >= 0.6 is 0 Å². The molecule has 1 aliphatic rings. The van der Waals surface area contributed by atoms with Gasteiger partial charge in [0.1, 0.15) is 0 Å². The number of β-amino-alcohol motifs (C(OH)–C–C–N with tert-alkyl or cyclic N) is 1. The van der Waals surface area contributed by atoms with E-state index in [0.717, 1.165) is 6.42 Å². The second kappa shape index (κ2) is 14.1. The molecular weight excluding hydrogens is 470 g/mol. The van der Waals surface area contributed by atoms with E-state index < -0.39 is 18.0 Å². The normalized spacial score (nSPS) is 15.1. The van der Waals surface area contributed by atoms with Gasteiger partial charge in [-0.1, -0.05) is 42.5 Å². The third-order valence-electron chi connectivity index (χ3n) is 6.42. The number of hydrogen-bond acceptors (Lipinski definition) is 5. The number of ether oxygens (including phenoxy) is 1. The lowest BCUT2D eigenvalue weighted by Gasteiger charge is -2.29. The fraction of sp³-hybridized carbons (Fsp3) is 0.467. The summed E-state index contributed by atoms with van der Waals surface area (Å²) in [4.78, 5) is 19.1. The summed E-state index contributed by atoms with van der Waals surface area (Å²) in [5.41, 5.74) is 6.43. The Kier molecular flexibility index (Phi) is 11.5. The van der Waals surface area contributed by atoms with Gasteiger partial charge in [-0.25, -0.2) is 9.59 Å². The first-order chi connectivity index (χ1) is 17.4. The van der Waals surface area contributed by atoms with E-state index in [1.54, 1.807) is 0 Å². The second-order valence-electron chi connectivity index (χ2n) is 10.5. The van der Waals surface area contributed by atoms with Crippen LogP contribution in [-0.2, 0) is 20.7 Å². The number of aliphatic carboxylic acids is 2. The monoisotopic (exact) mass is 511 g/mol. The molecule has 0 bridgehead atoms. The molecule has 0 unspecified atom stereocenters. The van der Waals surface area contributed by atoms with Crippen molar-refractivity contribution in [1.82, 2.24) is 5.32 Å². The molecule has 0 aliphatic heterocycles. The van der Waals surface area contributed by atoms with E-state index in [4.69, 9.17) is 14.9 Å². The van der Waals surface area contributed by atoms with Gasteiger partial charge in [-0.15, -0.1) is 0 Å². The van der Waals surface area contributed by atoms with Crippen LogP contribution in [0.3, 0.4) is 0 Å². The van der Waals surface area contributed by atoms with Crippen molar-refractivity contribution in [3.8, 4) is 0 Å². The standard InChI is InChI=1S/C26H37NO2.C4H4O4/c1-18-10-11-21(14-20(18)3)15-26(4,5)27-16-23(28)17-29-25(22-12-13-22)24-9-7-6-8-19(24)2;5-3(6)1-2-4(7)8/h6-11,14,22-23,25,27-28H,12-13,15-17H2,1-5H3;1-2H,(H,5,6)(H,7,8)/b;2-1+/t23-,25-;/m1./s1. The maximum absolute atomic E-state index is 10.5. The molecule has 2 atom stereocenters. The zero-order chi connectivity index (χ0) is 27.6. The summed E-state index contributed by atoms with van der Waals surface area (Å²) in [6.07, 6.45) is 4.07. The van der Waals surface area contributed by atoms with Crippen molar-refractivity contribution < 1.29 is 29.6 Å². The molecule has 7 nitrogen and oxygen atoms in total. The number of carboxylic acid groups (broad SMARTS) is 2. The molecular formula is C30H41NO6. The van der Waals surface area contributed by atoms with Crippen LogP contribution in [0.2, 0.25) is 0 Å². The highest BCUT2D eigenvalue weighted by Gasteiger charge is 2.34. The van der Waals surface area contributed by atoms with Crippen LogP contribution in [0.1, 0.15) is 60.6 Å². The summed E-state index contributed by atoms with van der Waals surface area (Å²) in [5.74, 6) is -1.92. The average molecular weight is 512 g/mol. The number of benzene rings is 2. The summed E-state index contributed by atoms with van der Waals surface area (Å²) >= 11 is 0. The van der Waals surface area contributed by atoms with Crippen LogP contribution in [0.5, 0.6) is 0 Å². The molecule has 1 saturated carbocycles. The first-order valence-corrected chi connectivity index (χ1v) is 12.7. The van der Waals surface area contributed by atoms with Gasteiger partial charge < -0.3 is 25.4 Å². The predicted octanol–water partition coefficient (Wildman–Crippen LogP) is 4.76. The van der Waals surface area contributed by atoms with Crippen molar-refractivity contribution >= 4 is 11.9 Å². The summed E-state index contributed by atoms with van der Waals surface area (Å²) in [6.45, 7) is 11.7. The molecule has 0 aromatic heterocycles. The minimum atomic E-state index is -1.26. The van der Waals surface area contributed by atoms with Gasteiger partial charge in [0.2, 0.25) is 0 Å². The Bertz CT molecular complexity index is 1060. The highest BCUT2D eigenvalue weighted by Crippen LogP contribution is 2.44. The molecule has 2 aromatic carbocycles. The fourth-order valence-electron chi connectivity index (χ4n) is 4.08. The molecule has 2 aromatic rings. The predicted molar refractivity (Wildman–Crippen MR) is 145 cm³/mol. The number of aliphatic hydroxyl groups excluding tert-OH is 1. The van der Waals surface area contributed by atoms with Crippen molar-refractivity contribution in [2.24, 2.45) is 5.92 Å². The lowest BCUT2D eigenvalue weighted by Crippen LogP contribution is -2.46. The highest BCUT2D eigenvalue weighted by atomic mass is 16.5. The van der Waals surface area contributed by atoms with Crippen molar-refractivity contribution in [2.45, 2.75) is 71.6 Å². The summed E-state index contributed by atoms with van der Waals surface area (Å²) in [5, 5.41) is 29.7. The molecule has 1 fully saturated rings. The first-order valence-electron chi connectivity index (χ1n) is 12.7. The van der Waals surface area contributed by atoms with Gasteiger partial charge in [-0.05, 0) is 87.6 Å². The molecule has 0 radical (unpaired) electrons. The molecule has 7 heteroatoms. The molecule has 1 aliphatic carbocycles. The number of nitrogens with one attached hydrogen (secondary N) is 1. The SMILES string of the molecule is Cc1ccc(CC(C)(C)NC[C@@H](O)CO[C@@H](c2ccccc2C)C2CC2)cc1C.O=C(O)/C=C/C(=O)O. The molecule has 202 valence electrons. The quantitative estimate of drug-likeness (QED) is 0.304. The lowest BCUT2D eigenvalue weighted by molar-refractivity contribution is -0.134.